The zero-order chi connectivity index (χ0) is 23.0. The van der Waals surface area contributed by atoms with Crippen LogP contribution in [0.15, 0.2) is 66.3 Å². The monoisotopic (exact) mass is 497 g/mol. The molecule has 0 unspecified atom stereocenters. The van der Waals surface area contributed by atoms with Gasteiger partial charge in [-0.3, -0.25) is 23.9 Å². The van der Waals surface area contributed by atoms with E-state index in [2.05, 4.69) is 25.9 Å². The number of aromatic nitrogens is 4. The molecule has 0 spiro atoms. The molecular formula is C22H20BrN5O4. The lowest BCUT2D eigenvalue weighted by atomic mass is 10.2. The molecule has 2 aromatic heterocycles. The molecule has 0 saturated carbocycles. The first kappa shape index (κ1) is 21.6. The molecule has 0 saturated heterocycles. The lowest BCUT2D eigenvalue weighted by molar-refractivity contribution is 0.430. The summed E-state index contributed by atoms with van der Waals surface area (Å²) in [5.41, 5.74) is 0.627. The van der Waals surface area contributed by atoms with Gasteiger partial charge in [-0.15, -0.1) is 0 Å². The van der Waals surface area contributed by atoms with Crippen molar-refractivity contribution >= 4 is 38.9 Å². The first-order chi connectivity index (χ1) is 15.3. The van der Waals surface area contributed by atoms with Gasteiger partial charge in [-0.05, 0) is 56.3 Å². The quantitative estimate of drug-likeness (QED) is 0.412. The number of benzene rings is 2. The van der Waals surface area contributed by atoms with Crippen molar-refractivity contribution in [3.63, 3.8) is 0 Å². The van der Waals surface area contributed by atoms with Crippen molar-refractivity contribution in [2.75, 3.05) is 0 Å². The van der Waals surface area contributed by atoms with Crippen molar-refractivity contribution in [1.29, 1.82) is 0 Å². The zero-order valence-electron chi connectivity index (χ0n) is 17.4. The van der Waals surface area contributed by atoms with E-state index in [1.807, 2.05) is 13.8 Å². The van der Waals surface area contributed by atoms with Gasteiger partial charge in [0.1, 0.15) is 5.56 Å². The Morgan fingerprint density at radius 1 is 1.00 bits per heavy atom. The van der Waals surface area contributed by atoms with Gasteiger partial charge in [-0.25, -0.2) is 14.2 Å². The third-order valence-electron chi connectivity index (χ3n) is 5.18. The number of nitrogens with one attached hydrogen (secondary N) is 1. The lowest BCUT2D eigenvalue weighted by Gasteiger charge is -2.09. The second-order valence-corrected chi connectivity index (χ2v) is 7.93. The summed E-state index contributed by atoms with van der Waals surface area (Å²) in [5, 5.41) is 10.7. The fourth-order valence-electron chi connectivity index (χ4n) is 3.62. The van der Waals surface area contributed by atoms with Gasteiger partial charge in [0.2, 0.25) is 5.88 Å². The number of aliphatic imine (C=N–C) groups is 1. The van der Waals surface area contributed by atoms with Gasteiger partial charge in [0, 0.05) is 23.8 Å². The molecule has 2 N–H and O–H groups in total. The molecule has 0 radical (unpaired) electrons. The summed E-state index contributed by atoms with van der Waals surface area (Å²) in [4.78, 5) is 43.7. The Bertz CT molecular complexity index is 1520. The standard InChI is InChI=1S/C22H20BrN5O4/c1-3-26-17-10-7-14(11-18(17)27(4-2)22(26)32)24-12-16-19(29)25-21(31)28(20(16)30)15-8-5-13(23)6-9-15/h5-12,30H,3-4H2,1-2H3,(H,25,29,31). The van der Waals surface area contributed by atoms with E-state index in [-0.39, 0.29) is 11.3 Å². The molecule has 0 aliphatic heterocycles. The van der Waals surface area contributed by atoms with Crippen LogP contribution in [0.5, 0.6) is 5.88 Å². The summed E-state index contributed by atoms with van der Waals surface area (Å²) in [6.45, 7) is 4.85. The van der Waals surface area contributed by atoms with Crippen LogP contribution in [0.2, 0.25) is 0 Å². The predicted molar refractivity (Wildman–Crippen MR) is 127 cm³/mol. The van der Waals surface area contributed by atoms with Crippen LogP contribution >= 0.6 is 15.9 Å². The number of fused-ring (bicyclic) bond motifs is 1. The van der Waals surface area contributed by atoms with Crippen molar-refractivity contribution in [3.8, 4) is 11.6 Å². The van der Waals surface area contributed by atoms with E-state index in [1.165, 1.54) is 6.21 Å². The van der Waals surface area contributed by atoms with Gasteiger partial charge in [-0.2, -0.15) is 0 Å². The number of aromatic hydroxyl groups is 1. The maximum absolute atomic E-state index is 12.5. The molecule has 0 bridgehead atoms. The number of aromatic amines is 1. The fraction of sp³-hybridized carbons (Fsp3) is 0.182. The Balaban J connectivity index is 1.81. The van der Waals surface area contributed by atoms with Gasteiger partial charge in [0.05, 0.1) is 22.4 Å². The molecule has 2 heterocycles. The molecule has 32 heavy (non-hydrogen) atoms. The second kappa shape index (κ2) is 8.46. The molecule has 4 rings (SSSR count). The number of hydrogen-bond acceptors (Lipinski definition) is 5. The number of nitrogens with zero attached hydrogens (tertiary/aromatic N) is 4. The zero-order valence-corrected chi connectivity index (χ0v) is 19.0. The molecule has 0 atom stereocenters. The van der Waals surface area contributed by atoms with E-state index in [0.29, 0.717) is 24.5 Å². The first-order valence-electron chi connectivity index (χ1n) is 9.97. The molecule has 0 aliphatic rings. The Morgan fingerprint density at radius 2 is 1.66 bits per heavy atom. The maximum Gasteiger partial charge on any atom is 0.335 e. The smallest absolute Gasteiger partial charge is 0.335 e. The first-order valence-corrected chi connectivity index (χ1v) is 10.8. The average Bonchev–Trinajstić information content (AvgIpc) is 3.04. The number of hydrogen-bond donors (Lipinski definition) is 2. The van der Waals surface area contributed by atoms with Crippen LogP contribution in [0, 0.1) is 0 Å². The van der Waals surface area contributed by atoms with Gasteiger partial charge >= 0.3 is 11.4 Å². The molecule has 0 amide bonds. The Labute approximate surface area is 190 Å². The molecule has 2 aromatic carbocycles. The van der Waals surface area contributed by atoms with E-state index in [1.54, 1.807) is 51.6 Å². The maximum atomic E-state index is 12.5. The molecule has 10 heteroatoms. The third kappa shape index (κ3) is 3.62. The summed E-state index contributed by atoms with van der Waals surface area (Å²) in [6.07, 6.45) is 1.20. The Morgan fingerprint density at radius 3 is 2.31 bits per heavy atom. The van der Waals surface area contributed by atoms with Gasteiger partial charge < -0.3 is 5.11 Å². The van der Waals surface area contributed by atoms with Gasteiger partial charge in [-0.1, -0.05) is 15.9 Å². The fourth-order valence-corrected chi connectivity index (χ4v) is 3.89. The summed E-state index contributed by atoms with van der Waals surface area (Å²) in [7, 11) is 0. The van der Waals surface area contributed by atoms with Crippen molar-refractivity contribution in [2.24, 2.45) is 4.99 Å². The molecule has 0 fully saturated rings. The highest BCUT2D eigenvalue weighted by molar-refractivity contribution is 9.10. The highest BCUT2D eigenvalue weighted by atomic mass is 79.9. The molecule has 164 valence electrons. The summed E-state index contributed by atoms with van der Waals surface area (Å²) in [6, 6.07) is 11.9. The highest BCUT2D eigenvalue weighted by Gasteiger charge is 2.15. The van der Waals surface area contributed by atoms with Crippen LogP contribution in [-0.2, 0) is 13.1 Å². The van der Waals surface area contributed by atoms with Crippen molar-refractivity contribution in [1.82, 2.24) is 18.7 Å². The lowest BCUT2D eigenvalue weighted by Crippen LogP contribution is -2.31. The van der Waals surface area contributed by atoms with E-state index < -0.39 is 17.1 Å². The topological polar surface area (TPSA) is 114 Å². The molecule has 4 aromatic rings. The largest absolute Gasteiger partial charge is 0.493 e. The number of rotatable bonds is 5. The minimum absolute atomic E-state index is 0.0956. The van der Waals surface area contributed by atoms with Crippen LogP contribution < -0.4 is 16.9 Å². The predicted octanol–water partition coefficient (Wildman–Crippen LogP) is 2.90. The number of imidazole rings is 1. The van der Waals surface area contributed by atoms with Crippen molar-refractivity contribution in [3.05, 3.63) is 83.8 Å². The highest BCUT2D eigenvalue weighted by Crippen LogP contribution is 2.22. The van der Waals surface area contributed by atoms with Gasteiger partial charge in [0.15, 0.2) is 0 Å². The number of halogens is 1. The third-order valence-corrected chi connectivity index (χ3v) is 5.71. The van der Waals surface area contributed by atoms with E-state index >= 15 is 0 Å². The summed E-state index contributed by atoms with van der Waals surface area (Å²) in [5.74, 6) is -0.520. The van der Waals surface area contributed by atoms with E-state index in [9.17, 15) is 19.5 Å². The molecular weight excluding hydrogens is 478 g/mol. The molecule has 0 aliphatic carbocycles. The molecule has 9 nitrogen and oxygen atoms in total. The second-order valence-electron chi connectivity index (χ2n) is 7.01. The summed E-state index contributed by atoms with van der Waals surface area (Å²) < 4.78 is 5.12. The van der Waals surface area contributed by atoms with Crippen LogP contribution in [0.3, 0.4) is 0 Å². The Kier molecular flexibility index (Phi) is 5.70. The normalized spacial score (nSPS) is 11.6. The van der Waals surface area contributed by atoms with Crippen molar-refractivity contribution < 1.29 is 5.11 Å². The van der Waals surface area contributed by atoms with Crippen LogP contribution in [0.4, 0.5) is 5.69 Å². The number of H-pyrrole nitrogens is 1. The van der Waals surface area contributed by atoms with Crippen LogP contribution in [0.25, 0.3) is 16.7 Å². The summed E-state index contributed by atoms with van der Waals surface area (Å²) >= 11 is 3.32. The number of aryl methyl sites for hydroxylation is 2. The van der Waals surface area contributed by atoms with Crippen LogP contribution in [-0.4, -0.2) is 30.0 Å². The van der Waals surface area contributed by atoms with Crippen molar-refractivity contribution in [2.45, 2.75) is 26.9 Å². The minimum Gasteiger partial charge on any atom is -0.493 e. The van der Waals surface area contributed by atoms with Gasteiger partial charge in [0.25, 0.3) is 5.56 Å². The average molecular weight is 498 g/mol. The SMILES string of the molecule is CCn1c(=O)n(CC)c2cc(N=Cc3c(O)n(-c4ccc(Br)cc4)c(=O)[nH]c3=O)ccc21. The Hall–Kier alpha value is -3.66. The van der Waals surface area contributed by atoms with E-state index in [4.69, 9.17) is 0 Å². The van der Waals surface area contributed by atoms with E-state index in [0.717, 1.165) is 20.1 Å². The minimum atomic E-state index is -0.763. The van der Waals surface area contributed by atoms with Crippen LogP contribution in [0.1, 0.15) is 19.4 Å².